The van der Waals surface area contributed by atoms with Crippen LogP contribution in [0.15, 0.2) is 48.5 Å². The van der Waals surface area contributed by atoms with Gasteiger partial charge in [0, 0.05) is 16.3 Å². The van der Waals surface area contributed by atoms with Gasteiger partial charge >= 0.3 is 0 Å². The molecule has 1 aliphatic heterocycles. The van der Waals surface area contributed by atoms with E-state index in [0.29, 0.717) is 22.9 Å². The normalized spacial score (nSPS) is 15.1. The van der Waals surface area contributed by atoms with Crippen LogP contribution in [0.3, 0.4) is 0 Å². The maximum Gasteiger partial charge on any atom is 0.251 e. The molecule has 1 atom stereocenters. The molecule has 4 rings (SSSR count). The molecule has 6 nitrogen and oxygen atoms in total. The van der Waals surface area contributed by atoms with Crippen molar-refractivity contribution in [3.63, 3.8) is 0 Å². The van der Waals surface area contributed by atoms with Crippen molar-refractivity contribution < 1.29 is 14.0 Å². The molecule has 2 N–H and O–H groups in total. The molecule has 0 saturated carbocycles. The standard InChI is InChI=1S/C21H18ClFN4O2/c1-2-16-19(12-6-8-13(22)9-7-12)20-25-21(29)17(27(20)26-16)11-18(28)24-15-5-3-4-14(23)10-15/h3-10,17H,2,11H2,1H3,(H,24,28)(H,25,29). The molecule has 1 aliphatic rings. The number of fused-ring (bicyclic) bond motifs is 1. The van der Waals surface area contributed by atoms with Gasteiger partial charge < -0.3 is 10.6 Å². The van der Waals surface area contributed by atoms with Crippen molar-refractivity contribution in [1.82, 2.24) is 9.78 Å². The maximum atomic E-state index is 13.3. The first-order valence-electron chi connectivity index (χ1n) is 9.20. The van der Waals surface area contributed by atoms with Crippen molar-refractivity contribution in [3.05, 3.63) is 65.1 Å². The lowest BCUT2D eigenvalue weighted by atomic mass is 10.0. The molecule has 0 bridgehead atoms. The summed E-state index contributed by atoms with van der Waals surface area (Å²) in [6.07, 6.45) is 0.552. The van der Waals surface area contributed by atoms with E-state index in [1.165, 1.54) is 18.2 Å². The molecule has 0 aliphatic carbocycles. The van der Waals surface area contributed by atoms with Crippen molar-refractivity contribution in [2.24, 2.45) is 0 Å². The van der Waals surface area contributed by atoms with E-state index in [1.807, 2.05) is 19.1 Å². The number of carbonyl (C=O) groups excluding carboxylic acids is 2. The Morgan fingerprint density at radius 2 is 2.03 bits per heavy atom. The number of halogens is 2. The number of anilines is 2. The van der Waals surface area contributed by atoms with Crippen LogP contribution in [0.2, 0.25) is 5.02 Å². The highest BCUT2D eigenvalue weighted by Gasteiger charge is 2.36. The van der Waals surface area contributed by atoms with Gasteiger partial charge in [0.25, 0.3) is 5.91 Å². The molecule has 3 aromatic rings. The van der Waals surface area contributed by atoms with Gasteiger partial charge in [-0.1, -0.05) is 36.7 Å². The highest BCUT2D eigenvalue weighted by atomic mass is 35.5. The number of benzene rings is 2. The van der Waals surface area contributed by atoms with Gasteiger partial charge in [0.2, 0.25) is 5.91 Å². The van der Waals surface area contributed by atoms with Gasteiger partial charge in [-0.05, 0) is 42.3 Å². The van der Waals surface area contributed by atoms with E-state index in [1.54, 1.807) is 22.9 Å². The fourth-order valence-electron chi connectivity index (χ4n) is 3.44. The summed E-state index contributed by atoms with van der Waals surface area (Å²) in [5.41, 5.74) is 2.87. The minimum Gasteiger partial charge on any atom is -0.326 e. The molecule has 0 radical (unpaired) electrons. The Bertz CT molecular complexity index is 1090. The molecule has 0 saturated heterocycles. The number of aromatic nitrogens is 2. The monoisotopic (exact) mass is 412 g/mol. The van der Waals surface area contributed by atoms with E-state index in [2.05, 4.69) is 15.7 Å². The summed E-state index contributed by atoms with van der Waals surface area (Å²) in [5.74, 6) is -0.585. The van der Waals surface area contributed by atoms with Crippen LogP contribution >= 0.6 is 11.6 Å². The van der Waals surface area contributed by atoms with Crippen molar-refractivity contribution in [3.8, 4) is 11.1 Å². The summed E-state index contributed by atoms with van der Waals surface area (Å²) in [7, 11) is 0. The highest BCUT2D eigenvalue weighted by molar-refractivity contribution is 6.30. The number of hydrogen-bond donors (Lipinski definition) is 2. The second-order valence-electron chi connectivity index (χ2n) is 6.74. The average Bonchev–Trinajstić information content (AvgIpc) is 3.18. The fraction of sp³-hybridized carbons (Fsp3) is 0.190. The number of nitrogens with one attached hydrogen (secondary N) is 2. The van der Waals surface area contributed by atoms with Crippen LogP contribution < -0.4 is 10.6 Å². The van der Waals surface area contributed by atoms with E-state index in [9.17, 15) is 14.0 Å². The maximum absolute atomic E-state index is 13.3. The van der Waals surface area contributed by atoms with Crippen LogP contribution in [0.4, 0.5) is 15.9 Å². The van der Waals surface area contributed by atoms with Crippen molar-refractivity contribution in [2.45, 2.75) is 25.8 Å². The highest BCUT2D eigenvalue weighted by Crippen LogP contribution is 2.39. The summed E-state index contributed by atoms with van der Waals surface area (Å²) in [4.78, 5) is 25.0. The summed E-state index contributed by atoms with van der Waals surface area (Å²) in [6.45, 7) is 1.98. The van der Waals surface area contributed by atoms with Crippen molar-refractivity contribution in [1.29, 1.82) is 0 Å². The average molecular weight is 413 g/mol. The van der Waals surface area contributed by atoms with Crippen LogP contribution in [-0.2, 0) is 16.0 Å². The number of nitrogens with zero attached hydrogens (tertiary/aromatic N) is 2. The Morgan fingerprint density at radius 3 is 2.72 bits per heavy atom. The number of aryl methyl sites for hydroxylation is 1. The Morgan fingerprint density at radius 1 is 1.28 bits per heavy atom. The van der Waals surface area contributed by atoms with Gasteiger partial charge in [-0.2, -0.15) is 5.10 Å². The lowest BCUT2D eigenvalue weighted by molar-refractivity contribution is -0.123. The fourth-order valence-corrected chi connectivity index (χ4v) is 3.56. The molecule has 29 heavy (non-hydrogen) atoms. The molecule has 0 fully saturated rings. The summed E-state index contributed by atoms with van der Waals surface area (Å²) < 4.78 is 14.9. The predicted molar refractivity (Wildman–Crippen MR) is 109 cm³/mol. The molecular weight excluding hydrogens is 395 g/mol. The zero-order valence-corrected chi connectivity index (χ0v) is 16.3. The first-order chi connectivity index (χ1) is 14.0. The Hall–Kier alpha value is -3.19. The third-order valence-electron chi connectivity index (χ3n) is 4.78. The molecule has 2 heterocycles. The summed E-state index contributed by atoms with van der Waals surface area (Å²) >= 11 is 5.99. The summed E-state index contributed by atoms with van der Waals surface area (Å²) in [6, 6.07) is 12.1. The molecule has 2 amide bonds. The smallest absolute Gasteiger partial charge is 0.251 e. The second kappa shape index (κ2) is 7.67. The summed E-state index contributed by atoms with van der Waals surface area (Å²) in [5, 5.41) is 10.7. The molecule has 0 spiro atoms. The number of carbonyl (C=O) groups is 2. The van der Waals surface area contributed by atoms with E-state index in [0.717, 1.165) is 16.8 Å². The van der Waals surface area contributed by atoms with Crippen LogP contribution in [0.1, 0.15) is 25.1 Å². The number of rotatable bonds is 5. The minimum atomic E-state index is -0.773. The molecule has 2 aromatic carbocycles. The SMILES string of the molecule is CCc1nn2c(c1-c1ccc(Cl)cc1)NC(=O)C2CC(=O)Nc1cccc(F)c1. The second-order valence-corrected chi connectivity index (χ2v) is 7.18. The van der Waals surface area contributed by atoms with E-state index in [-0.39, 0.29) is 12.3 Å². The van der Waals surface area contributed by atoms with Crippen LogP contribution in [0, 0.1) is 5.82 Å². The van der Waals surface area contributed by atoms with E-state index < -0.39 is 17.8 Å². The van der Waals surface area contributed by atoms with Crippen molar-refractivity contribution >= 4 is 34.9 Å². The van der Waals surface area contributed by atoms with E-state index >= 15 is 0 Å². The quantitative estimate of drug-likeness (QED) is 0.651. The molecule has 148 valence electrons. The molecule has 1 aromatic heterocycles. The van der Waals surface area contributed by atoms with Crippen LogP contribution in [-0.4, -0.2) is 21.6 Å². The lowest BCUT2D eigenvalue weighted by Gasteiger charge is -2.10. The molecular formula is C21H18ClFN4O2. The zero-order valence-electron chi connectivity index (χ0n) is 15.6. The number of hydrogen-bond acceptors (Lipinski definition) is 3. The topological polar surface area (TPSA) is 76.0 Å². The molecule has 8 heteroatoms. The predicted octanol–water partition coefficient (Wildman–Crippen LogP) is 4.43. The Balaban J connectivity index is 1.61. The van der Waals surface area contributed by atoms with Gasteiger partial charge in [0.15, 0.2) is 0 Å². The molecule has 1 unspecified atom stereocenters. The minimum absolute atomic E-state index is 0.111. The Kier molecular flexibility index (Phi) is 5.07. The zero-order chi connectivity index (χ0) is 20.5. The van der Waals surface area contributed by atoms with Crippen molar-refractivity contribution in [2.75, 3.05) is 10.6 Å². The number of amides is 2. The van der Waals surface area contributed by atoms with E-state index in [4.69, 9.17) is 11.6 Å². The van der Waals surface area contributed by atoms with Gasteiger partial charge in [-0.15, -0.1) is 0 Å². The largest absolute Gasteiger partial charge is 0.326 e. The van der Waals surface area contributed by atoms with Crippen LogP contribution in [0.5, 0.6) is 0 Å². The van der Waals surface area contributed by atoms with Gasteiger partial charge in [-0.3, -0.25) is 9.59 Å². The third kappa shape index (κ3) is 3.73. The van der Waals surface area contributed by atoms with Gasteiger partial charge in [0.1, 0.15) is 17.7 Å². The first kappa shape index (κ1) is 19.1. The third-order valence-corrected chi connectivity index (χ3v) is 5.03. The van der Waals surface area contributed by atoms with Crippen LogP contribution in [0.25, 0.3) is 11.1 Å². The first-order valence-corrected chi connectivity index (χ1v) is 9.57. The lowest BCUT2D eigenvalue weighted by Crippen LogP contribution is -2.24. The van der Waals surface area contributed by atoms with Gasteiger partial charge in [0.05, 0.1) is 12.1 Å². The Labute approximate surface area is 171 Å². The van der Waals surface area contributed by atoms with Gasteiger partial charge in [-0.25, -0.2) is 9.07 Å².